The van der Waals surface area contributed by atoms with Gasteiger partial charge in [-0.1, -0.05) is 34.8 Å². The van der Waals surface area contributed by atoms with E-state index in [1.54, 1.807) is 0 Å². The van der Waals surface area contributed by atoms with Crippen molar-refractivity contribution in [2.75, 3.05) is 0 Å². The Bertz CT molecular complexity index is 330. The van der Waals surface area contributed by atoms with Gasteiger partial charge in [0, 0.05) is 0 Å². The second-order valence-corrected chi connectivity index (χ2v) is 5.52. The summed E-state index contributed by atoms with van der Waals surface area (Å²) in [6.07, 6.45) is 0. The van der Waals surface area contributed by atoms with Crippen LogP contribution in [0.3, 0.4) is 0 Å². The van der Waals surface area contributed by atoms with E-state index in [-0.39, 0.29) is 0 Å². The molecule has 14 heavy (non-hydrogen) atoms. The largest absolute Gasteiger partial charge is 0.406 e. The van der Waals surface area contributed by atoms with E-state index in [2.05, 4.69) is 9.73 Å². The van der Waals surface area contributed by atoms with Crippen LogP contribution in [0, 0.1) is 5.41 Å². The van der Waals surface area contributed by atoms with Crippen molar-refractivity contribution in [1.82, 2.24) is 0 Å². The molecule has 0 bridgehead atoms. The molecule has 1 rings (SSSR count). The number of hydrogen-bond donors (Lipinski definition) is 0. The normalized spacial score (nSPS) is 21.6. The van der Waals surface area contributed by atoms with Crippen LogP contribution in [0.25, 0.3) is 0 Å². The van der Waals surface area contributed by atoms with Gasteiger partial charge < -0.3 is 4.74 Å². The molecule has 4 nitrogen and oxygen atoms in total. The zero-order chi connectivity index (χ0) is 11.1. The quantitative estimate of drug-likeness (QED) is 0.379. The molecule has 0 N–H and O–H groups in total. The third-order valence-electron chi connectivity index (χ3n) is 1.68. The Morgan fingerprint density at radius 2 is 1.79 bits per heavy atom. The predicted molar refractivity (Wildman–Crippen MR) is 52.6 cm³/mol. The summed E-state index contributed by atoms with van der Waals surface area (Å²) in [6, 6.07) is 0. The number of halogens is 3. The number of esters is 1. The van der Waals surface area contributed by atoms with E-state index in [4.69, 9.17) is 34.8 Å². The number of rotatable bonds is 0. The minimum Gasteiger partial charge on any atom is -0.406 e. The molecule has 0 spiro atoms. The highest BCUT2D eigenvalue weighted by atomic mass is 35.6. The summed E-state index contributed by atoms with van der Waals surface area (Å²) in [6.45, 7) is 2.77. The second-order valence-electron chi connectivity index (χ2n) is 3.23. The van der Waals surface area contributed by atoms with Gasteiger partial charge in [-0.25, -0.2) is 0 Å². The number of carbonyl (C=O) groups excluding carboxylic acids is 2. The molecule has 0 radical (unpaired) electrons. The van der Waals surface area contributed by atoms with Crippen molar-refractivity contribution in [1.29, 1.82) is 0 Å². The monoisotopic (exact) mass is 257 g/mol. The van der Waals surface area contributed by atoms with Gasteiger partial charge in [0.25, 0.3) is 15.6 Å². The summed E-state index contributed by atoms with van der Waals surface area (Å²) >= 11 is 16.2. The maximum atomic E-state index is 11.3. The summed E-state index contributed by atoms with van der Waals surface area (Å²) in [5.74, 6) is -1.97. The summed E-state index contributed by atoms with van der Waals surface area (Å²) in [4.78, 5) is 26.0. The minimum atomic E-state index is -2.00. The zero-order valence-corrected chi connectivity index (χ0v) is 9.57. The van der Waals surface area contributed by atoms with Gasteiger partial charge in [0.2, 0.25) is 0 Å². The van der Waals surface area contributed by atoms with E-state index >= 15 is 0 Å². The predicted octanol–water partition coefficient (Wildman–Crippen LogP) is 1.86. The van der Waals surface area contributed by atoms with Crippen molar-refractivity contribution >= 4 is 52.6 Å². The molecule has 0 aromatic rings. The summed E-state index contributed by atoms with van der Waals surface area (Å²) in [7, 11) is 0. The van der Waals surface area contributed by atoms with Crippen LogP contribution in [0.15, 0.2) is 4.99 Å². The third kappa shape index (κ3) is 2.02. The Morgan fingerprint density at radius 3 is 2.14 bits per heavy atom. The highest BCUT2D eigenvalue weighted by Crippen LogP contribution is 2.33. The van der Waals surface area contributed by atoms with Crippen molar-refractivity contribution in [2.24, 2.45) is 10.4 Å². The number of nitrogens with zero attached hydrogens (tertiary/aromatic N) is 1. The molecule has 0 aliphatic carbocycles. The molecule has 1 aliphatic rings. The number of aliphatic imine (C=N–C) groups is 1. The second kappa shape index (κ2) is 3.36. The van der Waals surface area contributed by atoms with Crippen LogP contribution in [0.2, 0.25) is 0 Å². The molecule has 78 valence electrons. The average molecular weight is 258 g/mol. The Hall–Kier alpha value is -0.320. The van der Waals surface area contributed by atoms with Gasteiger partial charge in [-0.05, 0) is 13.8 Å². The minimum absolute atomic E-state index is 0.503. The Balaban J connectivity index is 3.10. The van der Waals surface area contributed by atoms with Gasteiger partial charge >= 0.3 is 5.97 Å². The molecule has 1 amide bonds. The van der Waals surface area contributed by atoms with E-state index in [1.165, 1.54) is 13.8 Å². The lowest BCUT2D eigenvalue weighted by molar-refractivity contribution is -0.153. The van der Waals surface area contributed by atoms with Gasteiger partial charge in [0.1, 0.15) is 5.41 Å². The average Bonchev–Trinajstić information content (AvgIpc) is 1.98. The van der Waals surface area contributed by atoms with Crippen molar-refractivity contribution in [3.63, 3.8) is 0 Å². The Morgan fingerprint density at radius 1 is 1.29 bits per heavy atom. The summed E-state index contributed by atoms with van der Waals surface area (Å²) in [5.41, 5.74) is -1.32. The standard InChI is InChI=1S/C7H6Cl3NO3/c1-6(2)3(12)11-4(7(8,9)10)14-5(6)13/h1-2H3. The molecule has 1 aliphatic heterocycles. The topological polar surface area (TPSA) is 55.7 Å². The number of carbonyl (C=O) groups is 2. The lowest BCUT2D eigenvalue weighted by Crippen LogP contribution is -2.43. The number of ether oxygens (including phenoxy) is 1. The fourth-order valence-corrected chi connectivity index (χ4v) is 0.921. The zero-order valence-electron chi connectivity index (χ0n) is 7.31. The molecule has 0 aromatic carbocycles. The van der Waals surface area contributed by atoms with Crippen LogP contribution in [-0.4, -0.2) is 21.6 Å². The van der Waals surface area contributed by atoms with Crippen LogP contribution in [-0.2, 0) is 14.3 Å². The number of hydrogen-bond acceptors (Lipinski definition) is 3. The molecule has 0 fully saturated rings. The first-order valence-electron chi connectivity index (χ1n) is 3.58. The molecular formula is C7H6Cl3NO3. The summed E-state index contributed by atoms with van der Waals surface area (Å²) in [5, 5.41) is 0. The highest BCUT2D eigenvalue weighted by molar-refractivity contribution is 6.76. The van der Waals surface area contributed by atoms with E-state index < -0.39 is 27.0 Å². The van der Waals surface area contributed by atoms with Gasteiger partial charge in [0.05, 0.1) is 0 Å². The maximum absolute atomic E-state index is 11.3. The van der Waals surface area contributed by atoms with Crippen LogP contribution >= 0.6 is 34.8 Å². The van der Waals surface area contributed by atoms with Crippen molar-refractivity contribution in [3.8, 4) is 0 Å². The Labute approximate surface area is 95.2 Å². The SMILES string of the molecule is CC1(C)C(=O)N=C(C(Cl)(Cl)Cl)OC1=O. The van der Waals surface area contributed by atoms with Crippen molar-refractivity contribution in [2.45, 2.75) is 17.6 Å². The molecule has 7 heteroatoms. The van der Waals surface area contributed by atoms with Gasteiger partial charge in [-0.3, -0.25) is 9.59 Å². The van der Waals surface area contributed by atoms with Gasteiger partial charge in [0.15, 0.2) is 0 Å². The smallest absolute Gasteiger partial charge is 0.327 e. The van der Waals surface area contributed by atoms with Gasteiger partial charge in [-0.15, -0.1) is 0 Å². The van der Waals surface area contributed by atoms with E-state index in [1.807, 2.05) is 0 Å². The van der Waals surface area contributed by atoms with Crippen LogP contribution in [0.4, 0.5) is 0 Å². The van der Waals surface area contributed by atoms with Crippen molar-refractivity contribution in [3.05, 3.63) is 0 Å². The first kappa shape index (κ1) is 11.8. The van der Waals surface area contributed by atoms with Crippen molar-refractivity contribution < 1.29 is 14.3 Å². The molecule has 0 saturated carbocycles. The lowest BCUT2D eigenvalue weighted by Gasteiger charge is -2.26. The molecule has 0 aromatic heterocycles. The highest BCUT2D eigenvalue weighted by Gasteiger charge is 2.46. The fraction of sp³-hybridized carbons (Fsp3) is 0.571. The lowest BCUT2D eigenvalue weighted by atomic mass is 9.92. The Kier molecular flexibility index (Phi) is 2.82. The van der Waals surface area contributed by atoms with Crippen LogP contribution in [0.1, 0.15) is 13.8 Å². The fourth-order valence-electron chi connectivity index (χ4n) is 0.679. The van der Waals surface area contributed by atoms with Crippen LogP contribution < -0.4 is 0 Å². The van der Waals surface area contributed by atoms with E-state index in [9.17, 15) is 9.59 Å². The maximum Gasteiger partial charge on any atom is 0.327 e. The molecule has 0 atom stereocenters. The molecule has 0 unspecified atom stereocenters. The number of alkyl halides is 3. The molecule has 0 saturated heterocycles. The third-order valence-corrected chi connectivity index (χ3v) is 2.16. The van der Waals surface area contributed by atoms with E-state index in [0.717, 1.165) is 0 Å². The number of amides is 1. The van der Waals surface area contributed by atoms with E-state index in [0.29, 0.717) is 0 Å². The molecule has 1 heterocycles. The first-order chi connectivity index (χ1) is 6.15. The number of cyclic esters (lactones) is 1. The van der Waals surface area contributed by atoms with Crippen LogP contribution in [0.5, 0.6) is 0 Å². The first-order valence-corrected chi connectivity index (χ1v) is 4.71. The summed E-state index contributed by atoms with van der Waals surface area (Å²) < 4.78 is 2.63. The van der Waals surface area contributed by atoms with Gasteiger partial charge in [-0.2, -0.15) is 4.99 Å². The molecular weight excluding hydrogens is 252 g/mol.